The lowest BCUT2D eigenvalue weighted by Crippen LogP contribution is -2.18. The number of alkyl halides is 3. The second-order valence-electron chi connectivity index (χ2n) is 7.09. The Kier molecular flexibility index (Phi) is 6.08. The summed E-state index contributed by atoms with van der Waals surface area (Å²) in [5.74, 6) is -1.36. The molecule has 4 rings (SSSR count). The van der Waals surface area contributed by atoms with Gasteiger partial charge in [-0.3, -0.25) is 14.3 Å². The predicted molar refractivity (Wildman–Crippen MR) is 116 cm³/mol. The van der Waals surface area contributed by atoms with Crippen molar-refractivity contribution in [3.05, 3.63) is 63.6 Å². The van der Waals surface area contributed by atoms with Crippen molar-refractivity contribution in [3.8, 4) is 0 Å². The Balaban J connectivity index is 1.62. The van der Waals surface area contributed by atoms with Crippen molar-refractivity contribution in [1.82, 2.24) is 30.2 Å². The number of halogens is 4. The zero-order chi connectivity index (χ0) is 24.6. The number of carbonyl (C=O) groups is 2. The maximum absolute atomic E-state index is 13.4. The first-order valence-corrected chi connectivity index (χ1v) is 10.4. The molecule has 34 heavy (non-hydrogen) atoms. The maximum Gasteiger partial charge on any atom is 0.433 e. The van der Waals surface area contributed by atoms with Crippen molar-refractivity contribution in [2.75, 3.05) is 12.4 Å². The molecule has 14 heteroatoms. The smallest absolute Gasteiger partial charge is 0.351 e. The van der Waals surface area contributed by atoms with Crippen LogP contribution in [0.1, 0.15) is 38.3 Å². The standard InChI is InChI=1S/C20H15BrF3N7O3/c1-9-14(7-31(29-9)8-16-28-19(34-30-16)18(33)25-2)27-17(32)12-6-15(20(22,23)24)26-13-4-3-10(21)5-11(12)13/h3-7H,8H2,1-2H3,(H,25,33)(H,27,32). The van der Waals surface area contributed by atoms with Gasteiger partial charge in [0.05, 0.1) is 22.5 Å². The number of carbonyl (C=O) groups excluding carboxylic acids is 2. The van der Waals surface area contributed by atoms with E-state index in [4.69, 9.17) is 4.52 Å². The number of aryl methyl sites for hydroxylation is 1. The molecule has 2 N–H and O–H groups in total. The van der Waals surface area contributed by atoms with E-state index in [0.717, 1.165) is 0 Å². The van der Waals surface area contributed by atoms with E-state index in [2.05, 4.69) is 46.8 Å². The largest absolute Gasteiger partial charge is 0.433 e. The summed E-state index contributed by atoms with van der Waals surface area (Å²) in [5, 5.41) is 13.1. The van der Waals surface area contributed by atoms with E-state index in [-0.39, 0.29) is 40.4 Å². The number of benzene rings is 1. The van der Waals surface area contributed by atoms with Gasteiger partial charge < -0.3 is 15.2 Å². The minimum atomic E-state index is -4.73. The molecule has 2 amide bonds. The quantitative estimate of drug-likeness (QED) is 0.398. The van der Waals surface area contributed by atoms with Gasteiger partial charge in [-0.05, 0) is 31.2 Å². The number of pyridine rings is 1. The Hall–Kier alpha value is -3.81. The minimum absolute atomic E-state index is 0.0274. The van der Waals surface area contributed by atoms with Crippen LogP contribution in [0.2, 0.25) is 0 Å². The number of anilines is 1. The number of hydrogen-bond donors (Lipinski definition) is 2. The first kappa shape index (κ1) is 23.4. The highest BCUT2D eigenvalue weighted by Gasteiger charge is 2.34. The summed E-state index contributed by atoms with van der Waals surface area (Å²) in [5.41, 5.74) is -0.671. The van der Waals surface area contributed by atoms with Gasteiger partial charge in [-0.25, -0.2) is 4.98 Å². The van der Waals surface area contributed by atoms with E-state index in [1.165, 1.54) is 30.1 Å². The molecule has 4 aromatic rings. The molecule has 3 heterocycles. The van der Waals surface area contributed by atoms with Crippen LogP contribution in [0, 0.1) is 6.92 Å². The van der Waals surface area contributed by atoms with Gasteiger partial charge in [0.2, 0.25) is 0 Å². The molecular weight excluding hydrogens is 523 g/mol. The molecule has 0 saturated carbocycles. The van der Waals surface area contributed by atoms with Crippen molar-refractivity contribution >= 4 is 44.3 Å². The first-order chi connectivity index (χ1) is 16.0. The van der Waals surface area contributed by atoms with Gasteiger partial charge in [0, 0.05) is 23.1 Å². The number of nitrogens with zero attached hydrogens (tertiary/aromatic N) is 5. The Morgan fingerprint density at radius 3 is 2.65 bits per heavy atom. The summed E-state index contributed by atoms with van der Waals surface area (Å²) < 4.78 is 46.9. The van der Waals surface area contributed by atoms with Crippen molar-refractivity contribution < 1.29 is 27.3 Å². The fourth-order valence-corrected chi connectivity index (χ4v) is 3.47. The van der Waals surface area contributed by atoms with Crippen LogP contribution in [-0.4, -0.2) is 43.8 Å². The number of fused-ring (bicyclic) bond motifs is 1. The van der Waals surface area contributed by atoms with E-state index < -0.39 is 23.7 Å². The van der Waals surface area contributed by atoms with Crippen molar-refractivity contribution in [3.63, 3.8) is 0 Å². The molecule has 0 radical (unpaired) electrons. The lowest BCUT2D eigenvalue weighted by Gasteiger charge is -2.12. The van der Waals surface area contributed by atoms with Gasteiger partial charge in [-0.1, -0.05) is 21.1 Å². The van der Waals surface area contributed by atoms with Crippen molar-refractivity contribution in [1.29, 1.82) is 0 Å². The molecular formula is C20H15BrF3N7O3. The van der Waals surface area contributed by atoms with E-state index >= 15 is 0 Å². The monoisotopic (exact) mass is 537 g/mol. The van der Waals surface area contributed by atoms with E-state index in [0.29, 0.717) is 16.2 Å². The summed E-state index contributed by atoms with van der Waals surface area (Å²) in [6.07, 6.45) is -3.26. The Morgan fingerprint density at radius 1 is 1.18 bits per heavy atom. The third-order valence-corrected chi connectivity index (χ3v) is 5.19. The molecule has 0 saturated heterocycles. The molecule has 0 aliphatic rings. The molecule has 176 valence electrons. The molecule has 3 aromatic heterocycles. The SMILES string of the molecule is CNC(=O)c1nc(Cn2cc(NC(=O)c3cc(C(F)(F)F)nc4ccc(Br)cc34)c(C)n2)no1. The lowest BCUT2D eigenvalue weighted by atomic mass is 10.1. The fraction of sp³-hybridized carbons (Fsp3) is 0.200. The Morgan fingerprint density at radius 2 is 1.94 bits per heavy atom. The van der Waals surface area contributed by atoms with E-state index in [1.54, 1.807) is 13.0 Å². The lowest BCUT2D eigenvalue weighted by molar-refractivity contribution is -0.140. The zero-order valence-corrected chi connectivity index (χ0v) is 19.2. The van der Waals surface area contributed by atoms with Crippen molar-refractivity contribution in [2.45, 2.75) is 19.6 Å². The highest BCUT2D eigenvalue weighted by molar-refractivity contribution is 9.10. The zero-order valence-electron chi connectivity index (χ0n) is 17.6. The summed E-state index contributed by atoms with van der Waals surface area (Å²) in [7, 11) is 1.42. The van der Waals surface area contributed by atoms with Crippen LogP contribution in [0.3, 0.4) is 0 Å². The molecule has 0 spiro atoms. The molecule has 10 nitrogen and oxygen atoms in total. The van der Waals surface area contributed by atoms with Gasteiger partial charge in [0.25, 0.3) is 5.91 Å². The highest BCUT2D eigenvalue weighted by atomic mass is 79.9. The van der Waals surface area contributed by atoms with Crippen LogP contribution in [0.25, 0.3) is 10.9 Å². The van der Waals surface area contributed by atoms with E-state index in [9.17, 15) is 22.8 Å². The minimum Gasteiger partial charge on any atom is -0.351 e. The maximum atomic E-state index is 13.4. The van der Waals surface area contributed by atoms with Crippen molar-refractivity contribution in [2.24, 2.45) is 0 Å². The van der Waals surface area contributed by atoms with Gasteiger partial charge in [0.1, 0.15) is 12.2 Å². The molecule has 0 aliphatic carbocycles. The number of hydrogen-bond acceptors (Lipinski definition) is 7. The Bertz CT molecular complexity index is 1410. The van der Waals surface area contributed by atoms with Gasteiger partial charge in [-0.2, -0.15) is 23.3 Å². The molecule has 0 fully saturated rings. The van der Waals surface area contributed by atoms with Gasteiger partial charge in [-0.15, -0.1) is 0 Å². The average molecular weight is 538 g/mol. The number of aromatic nitrogens is 5. The molecule has 0 aliphatic heterocycles. The predicted octanol–water partition coefficient (Wildman–Crippen LogP) is 3.56. The van der Waals surface area contributed by atoms with Gasteiger partial charge >= 0.3 is 18.0 Å². The Labute approximate surface area is 197 Å². The summed E-state index contributed by atoms with van der Waals surface area (Å²) in [6, 6.07) is 5.17. The van der Waals surface area contributed by atoms with Crippen LogP contribution in [-0.2, 0) is 12.7 Å². The summed E-state index contributed by atoms with van der Waals surface area (Å²) >= 11 is 3.26. The summed E-state index contributed by atoms with van der Waals surface area (Å²) in [6.45, 7) is 1.64. The topological polar surface area (TPSA) is 128 Å². The second-order valence-corrected chi connectivity index (χ2v) is 8.00. The summed E-state index contributed by atoms with van der Waals surface area (Å²) in [4.78, 5) is 32.1. The molecule has 0 unspecified atom stereocenters. The van der Waals surface area contributed by atoms with Crippen LogP contribution in [0.5, 0.6) is 0 Å². The van der Waals surface area contributed by atoms with Gasteiger partial charge in [0.15, 0.2) is 5.82 Å². The van der Waals surface area contributed by atoms with Crippen LogP contribution in [0.4, 0.5) is 18.9 Å². The number of nitrogens with one attached hydrogen (secondary N) is 2. The second kappa shape index (κ2) is 8.85. The third-order valence-electron chi connectivity index (χ3n) is 4.69. The fourth-order valence-electron chi connectivity index (χ4n) is 3.10. The van der Waals surface area contributed by atoms with Crippen LogP contribution < -0.4 is 10.6 Å². The first-order valence-electron chi connectivity index (χ1n) is 9.62. The highest BCUT2D eigenvalue weighted by Crippen LogP contribution is 2.32. The average Bonchev–Trinajstić information content (AvgIpc) is 3.38. The molecule has 0 bridgehead atoms. The molecule has 1 aromatic carbocycles. The third kappa shape index (κ3) is 4.76. The van der Waals surface area contributed by atoms with Crippen LogP contribution >= 0.6 is 15.9 Å². The number of rotatable bonds is 5. The number of amides is 2. The van der Waals surface area contributed by atoms with E-state index in [1.807, 2.05) is 0 Å². The normalized spacial score (nSPS) is 11.6. The molecule has 0 atom stereocenters. The van der Waals surface area contributed by atoms with Crippen LogP contribution in [0.15, 0.2) is 39.5 Å².